The van der Waals surface area contributed by atoms with Crippen molar-refractivity contribution in [1.29, 1.82) is 0 Å². The molecule has 2 fully saturated rings. The number of hydrogen-bond donors (Lipinski definition) is 4. The van der Waals surface area contributed by atoms with Crippen molar-refractivity contribution >= 4 is 16.9 Å². The molecule has 0 spiro atoms. The Bertz CT molecular complexity index is 1010. The summed E-state index contributed by atoms with van der Waals surface area (Å²) in [6.07, 6.45) is 5.30. The lowest BCUT2D eigenvalue weighted by atomic mass is 9.69. The number of aromatic amines is 1. The van der Waals surface area contributed by atoms with Crippen LogP contribution < -0.4 is 10.6 Å². The number of fused-ring (bicyclic) bond motifs is 2. The van der Waals surface area contributed by atoms with Crippen LogP contribution in [-0.4, -0.2) is 45.3 Å². The van der Waals surface area contributed by atoms with Crippen molar-refractivity contribution in [1.82, 2.24) is 25.8 Å². The molecular formula is C21H23N5O2. The summed E-state index contributed by atoms with van der Waals surface area (Å²) in [6.45, 7) is 1.84. The smallest absolute Gasteiger partial charge is 0.252 e. The molecule has 4 N–H and O–H groups in total. The third-order valence-corrected chi connectivity index (χ3v) is 6.20. The zero-order valence-corrected chi connectivity index (χ0v) is 15.5. The lowest BCUT2D eigenvalue weighted by Crippen LogP contribution is -2.49. The van der Waals surface area contributed by atoms with E-state index in [4.69, 9.17) is 0 Å². The maximum atomic E-state index is 13.2. The Kier molecular flexibility index (Phi) is 4.24. The van der Waals surface area contributed by atoms with Crippen molar-refractivity contribution in [2.75, 3.05) is 13.1 Å². The Hall–Kier alpha value is -2.93. The minimum atomic E-state index is -0.0896. The molecule has 7 nitrogen and oxygen atoms in total. The van der Waals surface area contributed by atoms with Crippen LogP contribution >= 0.6 is 0 Å². The van der Waals surface area contributed by atoms with E-state index in [1.165, 1.54) is 19.3 Å². The number of carbonyl (C=O) groups excluding carboxylic acids is 1. The fourth-order valence-electron chi connectivity index (χ4n) is 4.48. The summed E-state index contributed by atoms with van der Waals surface area (Å²) in [5.74, 6) is 1.39. The van der Waals surface area contributed by atoms with Crippen molar-refractivity contribution < 1.29 is 9.90 Å². The third kappa shape index (κ3) is 3.01. The maximum Gasteiger partial charge on any atom is 0.252 e. The number of hydrogen-bond acceptors (Lipinski definition) is 5. The van der Waals surface area contributed by atoms with E-state index in [9.17, 15) is 9.90 Å². The number of phenols is 1. The summed E-state index contributed by atoms with van der Waals surface area (Å²) >= 11 is 0. The topological polar surface area (TPSA) is 103 Å². The molecule has 28 heavy (non-hydrogen) atoms. The Morgan fingerprint density at radius 3 is 2.82 bits per heavy atom. The normalized spacial score (nSPS) is 24.2. The first-order chi connectivity index (χ1) is 13.7. The molecule has 2 aliphatic rings. The number of aromatic nitrogens is 3. The van der Waals surface area contributed by atoms with Gasteiger partial charge < -0.3 is 15.7 Å². The van der Waals surface area contributed by atoms with Crippen LogP contribution in [0.15, 0.2) is 36.5 Å². The first-order valence-corrected chi connectivity index (χ1v) is 9.84. The second-order valence-electron chi connectivity index (χ2n) is 7.81. The predicted octanol–water partition coefficient (Wildman–Crippen LogP) is 2.45. The second-order valence-corrected chi connectivity index (χ2v) is 7.81. The lowest BCUT2D eigenvalue weighted by Gasteiger charge is -2.40. The fraction of sp³-hybridized carbons (Fsp3) is 0.381. The highest BCUT2D eigenvalue weighted by atomic mass is 16.3. The number of carbonyl (C=O) groups is 1. The number of nitrogens with one attached hydrogen (secondary N) is 3. The van der Waals surface area contributed by atoms with Crippen molar-refractivity contribution in [3.8, 4) is 17.0 Å². The standard InChI is InChI=1S/C21H23N5O2/c27-14-4-1-13(2-5-14)18-9-16(17-10-23-26-20(17)24-18)21(28)25-19-11-22-8-7-12-3-6-15(12)19/h1-2,4-5,9-10,12,15,19,22,27H,3,6-8,11H2,(H,25,28)(H,23,24,26). The van der Waals surface area contributed by atoms with Gasteiger partial charge in [-0.25, -0.2) is 4.98 Å². The van der Waals surface area contributed by atoms with E-state index < -0.39 is 0 Å². The molecule has 3 aromatic rings. The van der Waals surface area contributed by atoms with E-state index in [0.29, 0.717) is 28.2 Å². The number of rotatable bonds is 3. The molecule has 1 saturated heterocycles. The summed E-state index contributed by atoms with van der Waals surface area (Å²) in [5.41, 5.74) is 2.65. The zero-order valence-electron chi connectivity index (χ0n) is 15.5. The molecule has 1 saturated carbocycles. The molecule has 3 heterocycles. The quantitative estimate of drug-likeness (QED) is 0.561. The monoisotopic (exact) mass is 377 g/mol. The molecule has 144 valence electrons. The highest BCUT2D eigenvalue weighted by Gasteiger charge is 2.38. The molecule has 2 aromatic heterocycles. The lowest BCUT2D eigenvalue weighted by molar-refractivity contribution is 0.0849. The molecule has 3 atom stereocenters. The van der Waals surface area contributed by atoms with Crippen molar-refractivity contribution in [2.24, 2.45) is 11.8 Å². The molecule has 1 aliphatic carbocycles. The van der Waals surface area contributed by atoms with Gasteiger partial charge in [0.25, 0.3) is 5.91 Å². The highest BCUT2D eigenvalue weighted by molar-refractivity contribution is 6.06. The van der Waals surface area contributed by atoms with Crippen molar-refractivity contribution in [2.45, 2.75) is 25.3 Å². The predicted molar refractivity (Wildman–Crippen MR) is 106 cm³/mol. The summed E-state index contributed by atoms with van der Waals surface area (Å²) < 4.78 is 0. The van der Waals surface area contributed by atoms with Gasteiger partial charge >= 0.3 is 0 Å². The van der Waals surface area contributed by atoms with Crippen LogP contribution in [0.25, 0.3) is 22.3 Å². The second kappa shape index (κ2) is 6.91. The summed E-state index contributed by atoms with van der Waals surface area (Å²) in [6, 6.07) is 8.76. The van der Waals surface area contributed by atoms with Gasteiger partial charge in [-0.2, -0.15) is 5.10 Å². The van der Waals surface area contributed by atoms with Gasteiger partial charge in [0.15, 0.2) is 5.65 Å². The van der Waals surface area contributed by atoms with Gasteiger partial charge in [-0.3, -0.25) is 9.89 Å². The van der Waals surface area contributed by atoms with Crippen LogP contribution in [0.2, 0.25) is 0 Å². The number of H-pyrrole nitrogens is 1. The molecule has 3 unspecified atom stereocenters. The number of amides is 1. The zero-order chi connectivity index (χ0) is 19.1. The van der Waals surface area contributed by atoms with Crippen LogP contribution in [0.3, 0.4) is 0 Å². The maximum absolute atomic E-state index is 13.2. The van der Waals surface area contributed by atoms with E-state index in [0.717, 1.165) is 24.6 Å². The Morgan fingerprint density at radius 1 is 1.18 bits per heavy atom. The van der Waals surface area contributed by atoms with Gasteiger partial charge in [0.05, 0.1) is 22.8 Å². The van der Waals surface area contributed by atoms with Gasteiger partial charge in [0, 0.05) is 18.2 Å². The summed E-state index contributed by atoms with van der Waals surface area (Å²) in [5, 5.41) is 23.9. The van der Waals surface area contributed by atoms with Gasteiger partial charge in [-0.05, 0) is 68.0 Å². The number of nitrogens with zero attached hydrogens (tertiary/aromatic N) is 2. The van der Waals surface area contributed by atoms with Crippen LogP contribution in [0.4, 0.5) is 0 Å². The molecular weight excluding hydrogens is 354 g/mol. The average Bonchev–Trinajstić information content (AvgIpc) is 3.10. The van der Waals surface area contributed by atoms with Gasteiger partial charge in [0.1, 0.15) is 5.75 Å². The van der Waals surface area contributed by atoms with Crippen LogP contribution in [0.1, 0.15) is 29.6 Å². The van der Waals surface area contributed by atoms with E-state index in [2.05, 4.69) is 25.8 Å². The SMILES string of the molecule is O=C(NC1CNCCC2CCC21)c1cc(-c2ccc(O)cc2)nc2[nH]ncc12. The molecule has 0 radical (unpaired) electrons. The van der Waals surface area contributed by atoms with E-state index in [1.54, 1.807) is 30.5 Å². The molecule has 0 bridgehead atoms. The summed E-state index contributed by atoms with van der Waals surface area (Å²) in [7, 11) is 0. The first kappa shape index (κ1) is 17.2. The number of aromatic hydroxyl groups is 1. The van der Waals surface area contributed by atoms with Gasteiger partial charge in [-0.15, -0.1) is 0 Å². The number of pyridine rings is 1. The fourth-order valence-corrected chi connectivity index (χ4v) is 4.48. The minimum absolute atomic E-state index is 0.0896. The van der Waals surface area contributed by atoms with E-state index in [-0.39, 0.29) is 17.7 Å². The average molecular weight is 377 g/mol. The Labute approximate surface area is 162 Å². The minimum Gasteiger partial charge on any atom is -0.508 e. The largest absolute Gasteiger partial charge is 0.508 e. The van der Waals surface area contributed by atoms with E-state index in [1.807, 2.05) is 6.07 Å². The van der Waals surface area contributed by atoms with Gasteiger partial charge in [-0.1, -0.05) is 0 Å². The van der Waals surface area contributed by atoms with Crippen molar-refractivity contribution in [3.05, 3.63) is 42.1 Å². The molecule has 1 aromatic carbocycles. The molecule has 1 amide bonds. The van der Waals surface area contributed by atoms with Gasteiger partial charge in [0.2, 0.25) is 0 Å². The van der Waals surface area contributed by atoms with E-state index >= 15 is 0 Å². The highest BCUT2D eigenvalue weighted by Crippen LogP contribution is 2.40. The van der Waals surface area contributed by atoms with Crippen LogP contribution in [-0.2, 0) is 0 Å². The third-order valence-electron chi connectivity index (χ3n) is 6.20. The molecule has 7 heteroatoms. The molecule has 5 rings (SSSR count). The summed E-state index contributed by atoms with van der Waals surface area (Å²) in [4.78, 5) is 17.8. The first-order valence-electron chi connectivity index (χ1n) is 9.84. The van der Waals surface area contributed by atoms with Crippen LogP contribution in [0, 0.1) is 11.8 Å². The Balaban J connectivity index is 1.48. The number of phenolic OH excluding ortho intramolecular Hbond substituents is 1. The van der Waals surface area contributed by atoms with Crippen molar-refractivity contribution in [3.63, 3.8) is 0 Å². The number of benzene rings is 1. The Morgan fingerprint density at radius 2 is 2.04 bits per heavy atom. The molecule has 1 aliphatic heterocycles. The van der Waals surface area contributed by atoms with Crippen LogP contribution in [0.5, 0.6) is 5.75 Å².